The van der Waals surface area contributed by atoms with Gasteiger partial charge in [-0.15, -0.1) is 0 Å². The minimum absolute atomic E-state index is 0.0312. The number of carbonyl (C=O) groups excluding carboxylic acids is 1. The van der Waals surface area contributed by atoms with Crippen LogP contribution in [0.1, 0.15) is 40.0 Å². The lowest BCUT2D eigenvalue weighted by molar-refractivity contribution is 0.0179. The summed E-state index contributed by atoms with van der Waals surface area (Å²) in [4.78, 5) is 10.7. The summed E-state index contributed by atoms with van der Waals surface area (Å²) in [5.41, 5.74) is -0.658. The Bertz CT molecular complexity index is 203. The Morgan fingerprint density at radius 2 is 2.07 bits per heavy atom. The summed E-state index contributed by atoms with van der Waals surface area (Å²) in [5, 5.41) is 0. The van der Waals surface area contributed by atoms with Crippen LogP contribution < -0.4 is 0 Å². The highest BCUT2D eigenvalue weighted by Crippen LogP contribution is 2.35. The van der Waals surface area contributed by atoms with Crippen LogP contribution in [0, 0.1) is 17.8 Å². The molecule has 1 aliphatic rings. The van der Waals surface area contributed by atoms with Gasteiger partial charge in [-0.25, -0.2) is 4.79 Å². The molecule has 1 rings (SSSR count). The molecule has 3 heteroatoms. The van der Waals surface area contributed by atoms with Crippen LogP contribution in [0.3, 0.4) is 0 Å². The fourth-order valence-corrected chi connectivity index (χ4v) is 2.48. The van der Waals surface area contributed by atoms with Gasteiger partial charge in [0.25, 0.3) is 0 Å². The Balaban J connectivity index is 2.58. The Morgan fingerprint density at radius 1 is 1.43 bits per heavy atom. The largest absolute Gasteiger partial charge is 0.450 e. The fraction of sp³-hybridized carbons (Fsp3) is 0.909. The number of carbonyl (C=O) groups is 1. The van der Waals surface area contributed by atoms with Crippen LogP contribution in [0.2, 0.25) is 0 Å². The zero-order valence-electron chi connectivity index (χ0n) is 9.13. The average Bonchev–Trinajstić information content (AvgIpc) is 2.01. The van der Waals surface area contributed by atoms with Gasteiger partial charge in [-0.05, 0) is 30.6 Å². The molecule has 2 nitrogen and oxygen atoms in total. The van der Waals surface area contributed by atoms with Gasteiger partial charge in [-0.2, -0.15) is 0 Å². The summed E-state index contributed by atoms with van der Waals surface area (Å²) >= 11 is 5.27. The van der Waals surface area contributed by atoms with Crippen LogP contribution in [0.5, 0.6) is 0 Å². The third kappa shape index (κ3) is 3.16. The molecule has 0 radical (unpaired) electrons. The van der Waals surface area contributed by atoms with E-state index in [1.807, 2.05) is 0 Å². The number of hydrogen-bond acceptors (Lipinski definition) is 2. The highest BCUT2D eigenvalue weighted by Gasteiger charge is 2.32. The van der Waals surface area contributed by atoms with Gasteiger partial charge < -0.3 is 4.74 Å². The molecule has 0 amide bonds. The van der Waals surface area contributed by atoms with E-state index in [-0.39, 0.29) is 6.10 Å². The van der Waals surface area contributed by atoms with Crippen LogP contribution >= 0.6 is 11.6 Å². The second-order valence-electron chi connectivity index (χ2n) is 4.72. The summed E-state index contributed by atoms with van der Waals surface area (Å²) in [5.74, 6) is 1.68. The molecule has 0 saturated heterocycles. The third-order valence-electron chi connectivity index (χ3n) is 3.21. The molecule has 14 heavy (non-hydrogen) atoms. The van der Waals surface area contributed by atoms with Gasteiger partial charge in [0.2, 0.25) is 0 Å². The van der Waals surface area contributed by atoms with Crippen LogP contribution in [0.15, 0.2) is 0 Å². The maximum Gasteiger partial charge on any atom is 0.404 e. The molecule has 0 heterocycles. The van der Waals surface area contributed by atoms with Crippen molar-refractivity contribution in [3.8, 4) is 0 Å². The number of hydrogen-bond donors (Lipinski definition) is 0. The molecular formula is C11H19ClO2. The van der Waals surface area contributed by atoms with Crippen molar-refractivity contribution in [1.82, 2.24) is 0 Å². The normalized spacial score (nSPS) is 33.1. The van der Waals surface area contributed by atoms with Crippen molar-refractivity contribution in [2.75, 3.05) is 0 Å². The molecule has 0 aromatic heterocycles. The fourth-order valence-electron chi connectivity index (χ4n) is 2.37. The van der Waals surface area contributed by atoms with Gasteiger partial charge >= 0.3 is 5.43 Å². The maximum atomic E-state index is 10.7. The summed E-state index contributed by atoms with van der Waals surface area (Å²) in [6.45, 7) is 6.55. The van der Waals surface area contributed by atoms with Crippen LogP contribution in [-0.4, -0.2) is 11.5 Å². The van der Waals surface area contributed by atoms with E-state index in [0.29, 0.717) is 17.8 Å². The minimum Gasteiger partial charge on any atom is -0.450 e. The molecule has 0 aromatic carbocycles. The molecule has 0 aliphatic heterocycles. The molecule has 0 N–H and O–H groups in total. The van der Waals surface area contributed by atoms with Crippen molar-refractivity contribution in [2.24, 2.45) is 17.8 Å². The van der Waals surface area contributed by atoms with Crippen molar-refractivity contribution in [3.63, 3.8) is 0 Å². The van der Waals surface area contributed by atoms with E-state index in [1.54, 1.807) is 0 Å². The molecular weight excluding hydrogens is 200 g/mol. The first-order chi connectivity index (χ1) is 6.50. The Labute approximate surface area is 91.0 Å². The Hall–Kier alpha value is -0.240. The number of rotatable bonds is 2. The standard InChI is InChI=1S/C11H19ClO2/c1-7(2)9-5-4-8(3)6-10(9)14-11(12)13/h7-10H,4-6H2,1-3H3/t8-,9+,10-/m1/s1. The second kappa shape index (κ2) is 5.01. The van der Waals surface area contributed by atoms with Gasteiger partial charge in [0, 0.05) is 11.6 Å². The van der Waals surface area contributed by atoms with Crippen molar-refractivity contribution >= 4 is 17.0 Å². The molecule has 1 fully saturated rings. The molecule has 82 valence electrons. The predicted octanol–water partition coefficient (Wildman–Crippen LogP) is 3.82. The molecule has 0 bridgehead atoms. The van der Waals surface area contributed by atoms with E-state index in [9.17, 15) is 4.79 Å². The van der Waals surface area contributed by atoms with Crippen molar-refractivity contribution in [2.45, 2.75) is 46.1 Å². The number of ether oxygens (including phenoxy) is 1. The molecule has 3 atom stereocenters. The van der Waals surface area contributed by atoms with E-state index in [2.05, 4.69) is 20.8 Å². The first-order valence-electron chi connectivity index (χ1n) is 5.36. The molecule has 0 spiro atoms. The lowest BCUT2D eigenvalue weighted by atomic mass is 9.75. The van der Waals surface area contributed by atoms with E-state index in [4.69, 9.17) is 16.3 Å². The van der Waals surface area contributed by atoms with Gasteiger partial charge in [0.1, 0.15) is 6.10 Å². The summed E-state index contributed by atoms with van der Waals surface area (Å²) in [6, 6.07) is 0. The van der Waals surface area contributed by atoms with E-state index < -0.39 is 5.43 Å². The molecule has 1 aliphatic carbocycles. The summed E-state index contributed by atoms with van der Waals surface area (Å²) in [7, 11) is 0. The first-order valence-corrected chi connectivity index (χ1v) is 5.74. The lowest BCUT2D eigenvalue weighted by Crippen LogP contribution is -2.34. The first kappa shape index (κ1) is 11.8. The predicted molar refractivity (Wildman–Crippen MR) is 57.5 cm³/mol. The van der Waals surface area contributed by atoms with E-state index in [1.165, 1.54) is 6.42 Å². The van der Waals surface area contributed by atoms with Gasteiger partial charge in [0.05, 0.1) is 0 Å². The van der Waals surface area contributed by atoms with E-state index in [0.717, 1.165) is 12.8 Å². The van der Waals surface area contributed by atoms with Crippen LogP contribution in [0.25, 0.3) is 0 Å². The maximum absolute atomic E-state index is 10.7. The monoisotopic (exact) mass is 218 g/mol. The average molecular weight is 219 g/mol. The Kier molecular flexibility index (Phi) is 4.24. The van der Waals surface area contributed by atoms with Gasteiger partial charge in [-0.1, -0.05) is 27.2 Å². The third-order valence-corrected chi connectivity index (χ3v) is 3.29. The van der Waals surface area contributed by atoms with Crippen LogP contribution in [0.4, 0.5) is 4.79 Å². The highest BCUT2D eigenvalue weighted by atomic mass is 35.5. The second-order valence-corrected chi connectivity index (χ2v) is 5.03. The molecule has 1 saturated carbocycles. The Morgan fingerprint density at radius 3 is 2.57 bits per heavy atom. The topological polar surface area (TPSA) is 26.3 Å². The van der Waals surface area contributed by atoms with Crippen molar-refractivity contribution in [3.05, 3.63) is 0 Å². The summed E-state index contributed by atoms with van der Waals surface area (Å²) in [6.07, 6.45) is 3.37. The highest BCUT2D eigenvalue weighted by molar-refractivity contribution is 6.61. The molecule has 0 unspecified atom stereocenters. The quantitative estimate of drug-likeness (QED) is 0.659. The van der Waals surface area contributed by atoms with Crippen molar-refractivity contribution < 1.29 is 9.53 Å². The minimum atomic E-state index is -0.658. The zero-order chi connectivity index (χ0) is 10.7. The zero-order valence-corrected chi connectivity index (χ0v) is 9.88. The van der Waals surface area contributed by atoms with Crippen LogP contribution in [-0.2, 0) is 4.74 Å². The van der Waals surface area contributed by atoms with Gasteiger partial charge in [0.15, 0.2) is 0 Å². The SMILES string of the molecule is CC(C)[C@@H]1CC[C@@H](C)C[C@H]1OC(=O)Cl. The van der Waals surface area contributed by atoms with Gasteiger partial charge in [-0.3, -0.25) is 0 Å². The summed E-state index contributed by atoms with van der Waals surface area (Å²) < 4.78 is 5.16. The van der Waals surface area contributed by atoms with E-state index >= 15 is 0 Å². The lowest BCUT2D eigenvalue weighted by Gasteiger charge is -2.36. The smallest absolute Gasteiger partial charge is 0.404 e. The number of halogens is 1. The molecule has 0 aromatic rings. The van der Waals surface area contributed by atoms with Crippen molar-refractivity contribution in [1.29, 1.82) is 0 Å².